The summed E-state index contributed by atoms with van der Waals surface area (Å²) in [6.07, 6.45) is 0. The lowest BCUT2D eigenvalue weighted by molar-refractivity contribution is 0.0554. The van der Waals surface area contributed by atoms with Crippen molar-refractivity contribution in [2.24, 2.45) is 0 Å². The number of amides is 1. The maximum Gasteiger partial charge on any atom is 0.290 e. The first-order valence-electron chi connectivity index (χ1n) is 6.59. The van der Waals surface area contributed by atoms with Gasteiger partial charge in [-0.05, 0) is 29.8 Å². The first kappa shape index (κ1) is 14.0. The van der Waals surface area contributed by atoms with E-state index in [0.29, 0.717) is 18.9 Å². The van der Waals surface area contributed by atoms with Gasteiger partial charge in [0.1, 0.15) is 12.4 Å². The number of nitrogens with zero attached hydrogens (tertiary/aromatic N) is 1. The number of aliphatic hydroxyl groups is 1. The van der Waals surface area contributed by atoms with Crippen LogP contribution >= 0.6 is 11.6 Å². The van der Waals surface area contributed by atoms with Gasteiger partial charge in [-0.1, -0.05) is 18.2 Å². The van der Waals surface area contributed by atoms with Crippen LogP contribution in [0, 0.1) is 0 Å². The fourth-order valence-electron chi connectivity index (χ4n) is 2.48. The molecule has 6 heteroatoms. The monoisotopic (exact) mass is 307 g/mol. The molecule has 1 aromatic carbocycles. The molecule has 0 spiro atoms. The van der Waals surface area contributed by atoms with Gasteiger partial charge >= 0.3 is 0 Å². The summed E-state index contributed by atoms with van der Waals surface area (Å²) in [6, 6.07) is 9.95. The van der Waals surface area contributed by atoms with Crippen LogP contribution in [0.2, 0.25) is 5.22 Å². The molecule has 0 saturated heterocycles. The molecule has 1 aromatic heterocycles. The summed E-state index contributed by atoms with van der Waals surface area (Å²) < 4.78 is 10.8. The van der Waals surface area contributed by atoms with Gasteiger partial charge in [-0.3, -0.25) is 4.79 Å². The fraction of sp³-hybridized carbons (Fsp3) is 0.267. The van der Waals surface area contributed by atoms with E-state index in [9.17, 15) is 9.90 Å². The van der Waals surface area contributed by atoms with Crippen molar-refractivity contribution in [3.63, 3.8) is 0 Å². The lowest BCUT2D eigenvalue weighted by atomic mass is 10.0. The predicted molar refractivity (Wildman–Crippen MR) is 76.5 cm³/mol. The van der Waals surface area contributed by atoms with Crippen molar-refractivity contribution in [2.45, 2.75) is 6.04 Å². The average Bonchev–Trinajstić information content (AvgIpc) is 2.84. The number of hydrogen-bond donors (Lipinski definition) is 1. The lowest BCUT2D eigenvalue weighted by Gasteiger charge is -2.27. The third-order valence-corrected chi connectivity index (χ3v) is 3.66. The molecule has 2 aromatic rings. The quantitative estimate of drug-likeness (QED) is 0.926. The van der Waals surface area contributed by atoms with Crippen LogP contribution < -0.4 is 4.74 Å². The molecule has 0 saturated carbocycles. The Bertz CT molecular complexity index is 655. The third kappa shape index (κ3) is 2.62. The fourth-order valence-corrected chi connectivity index (χ4v) is 2.62. The standard InChI is InChI=1S/C15H14ClNO4/c16-14-6-5-13(21-14)15(19)17-7-8-20-12-4-2-1-3-10(12)11(17)9-18/h1-6,11,18H,7-9H2. The molecular weight excluding hydrogens is 294 g/mol. The second-order valence-electron chi connectivity index (χ2n) is 4.69. The van der Waals surface area contributed by atoms with E-state index in [4.69, 9.17) is 20.8 Å². The molecule has 2 heterocycles. The molecule has 1 N–H and O–H groups in total. The van der Waals surface area contributed by atoms with Crippen molar-refractivity contribution in [1.29, 1.82) is 0 Å². The summed E-state index contributed by atoms with van der Waals surface area (Å²) in [7, 11) is 0. The summed E-state index contributed by atoms with van der Waals surface area (Å²) in [6.45, 7) is 0.519. The van der Waals surface area contributed by atoms with Gasteiger partial charge in [0.25, 0.3) is 5.91 Å². The molecule has 5 nitrogen and oxygen atoms in total. The van der Waals surface area contributed by atoms with Gasteiger partial charge in [0.05, 0.1) is 19.2 Å². The van der Waals surface area contributed by atoms with Crippen molar-refractivity contribution in [3.8, 4) is 5.75 Å². The van der Waals surface area contributed by atoms with E-state index in [1.165, 1.54) is 12.1 Å². The number of aliphatic hydroxyl groups excluding tert-OH is 1. The van der Waals surface area contributed by atoms with Gasteiger partial charge in [-0.25, -0.2) is 0 Å². The highest BCUT2D eigenvalue weighted by atomic mass is 35.5. The van der Waals surface area contributed by atoms with Crippen LogP contribution in [0.1, 0.15) is 22.2 Å². The molecule has 0 aliphatic carbocycles. The SMILES string of the molecule is O=C(c1ccc(Cl)o1)N1CCOc2ccccc2C1CO. The Labute approximate surface area is 126 Å². The zero-order valence-corrected chi connectivity index (χ0v) is 11.9. The Balaban J connectivity index is 1.96. The first-order chi connectivity index (χ1) is 10.2. The maximum absolute atomic E-state index is 12.6. The second-order valence-corrected chi connectivity index (χ2v) is 5.06. The highest BCUT2D eigenvalue weighted by molar-refractivity contribution is 6.29. The molecule has 3 rings (SSSR count). The minimum atomic E-state index is -0.472. The zero-order valence-electron chi connectivity index (χ0n) is 11.2. The number of ether oxygens (including phenoxy) is 1. The molecule has 0 bridgehead atoms. The molecule has 1 atom stereocenters. The van der Waals surface area contributed by atoms with Crippen LogP contribution in [0.4, 0.5) is 0 Å². The topological polar surface area (TPSA) is 62.9 Å². The van der Waals surface area contributed by atoms with E-state index in [1.807, 2.05) is 24.3 Å². The highest BCUT2D eigenvalue weighted by Gasteiger charge is 2.31. The average molecular weight is 308 g/mol. The predicted octanol–water partition coefficient (Wildman–Crippen LogP) is 2.50. The molecule has 1 aliphatic rings. The highest BCUT2D eigenvalue weighted by Crippen LogP contribution is 2.32. The molecule has 110 valence electrons. The van der Waals surface area contributed by atoms with Crippen molar-refractivity contribution in [1.82, 2.24) is 4.90 Å². The van der Waals surface area contributed by atoms with E-state index in [1.54, 1.807) is 4.90 Å². The molecular formula is C15H14ClNO4. The molecule has 1 amide bonds. The smallest absolute Gasteiger partial charge is 0.290 e. The van der Waals surface area contributed by atoms with E-state index in [-0.39, 0.29) is 23.5 Å². The zero-order chi connectivity index (χ0) is 14.8. The minimum absolute atomic E-state index is 0.151. The largest absolute Gasteiger partial charge is 0.491 e. The van der Waals surface area contributed by atoms with Crippen LogP contribution in [0.25, 0.3) is 0 Å². The molecule has 0 radical (unpaired) electrons. The second kappa shape index (κ2) is 5.79. The van der Waals surface area contributed by atoms with Gasteiger partial charge in [0.15, 0.2) is 11.0 Å². The number of carbonyl (C=O) groups excluding carboxylic acids is 1. The summed E-state index contributed by atoms with van der Waals surface area (Å²) >= 11 is 5.72. The van der Waals surface area contributed by atoms with Gasteiger partial charge in [-0.2, -0.15) is 0 Å². The van der Waals surface area contributed by atoms with Crippen LogP contribution in [-0.2, 0) is 0 Å². The van der Waals surface area contributed by atoms with Crippen LogP contribution in [0.15, 0.2) is 40.8 Å². The van der Waals surface area contributed by atoms with Gasteiger partial charge in [0.2, 0.25) is 0 Å². The number of rotatable bonds is 2. The molecule has 21 heavy (non-hydrogen) atoms. The van der Waals surface area contributed by atoms with E-state index >= 15 is 0 Å². The van der Waals surface area contributed by atoms with Crippen molar-refractivity contribution < 1.29 is 19.1 Å². The summed E-state index contributed by atoms with van der Waals surface area (Å²) in [5.74, 6) is 0.517. The van der Waals surface area contributed by atoms with Gasteiger partial charge < -0.3 is 19.2 Å². The first-order valence-corrected chi connectivity index (χ1v) is 6.97. The number of benzene rings is 1. The number of para-hydroxylation sites is 1. The Morgan fingerprint density at radius 3 is 2.86 bits per heavy atom. The van der Waals surface area contributed by atoms with Crippen molar-refractivity contribution >= 4 is 17.5 Å². The number of hydrogen-bond acceptors (Lipinski definition) is 4. The maximum atomic E-state index is 12.6. The number of fused-ring (bicyclic) bond motifs is 1. The molecule has 1 aliphatic heterocycles. The van der Waals surface area contributed by atoms with E-state index in [0.717, 1.165) is 5.56 Å². The Morgan fingerprint density at radius 1 is 1.33 bits per heavy atom. The number of halogens is 1. The molecule has 1 unspecified atom stereocenters. The normalized spacial score (nSPS) is 17.8. The third-order valence-electron chi connectivity index (χ3n) is 3.46. The Hall–Kier alpha value is -1.98. The van der Waals surface area contributed by atoms with Gasteiger partial charge in [0, 0.05) is 5.56 Å². The van der Waals surface area contributed by atoms with Crippen LogP contribution in [-0.4, -0.2) is 35.7 Å². The van der Waals surface area contributed by atoms with Gasteiger partial charge in [-0.15, -0.1) is 0 Å². The summed E-state index contributed by atoms with van der Waals surface area (Å²) in [5.41, 5.74) is 0.781. The van der Waals surface area contributed by atoms with E-state index in [2.05, 4.69) is 0 Å². The molecule has 0 fully saturated rings. The number of carbonyl (C=O) groups is 1. The minimum Gasteiger partial charge on any atom is -0.491 e. The van der Waals surface area contributed by atoms with Crippen molar-refractivity contribution in [2.75, 3.05) is 19.8 Å². The van der Waals surface area contributed by atoms with Crippen LogP contribution in [0.5, 0.6) is 5.75 Å². The summed E-state index contributed by atoms with van der Waals surface area (Å²) in [4.78, 5) is 14.1. The van der Waals surface area contributed by atoms with Crippen LogP contribution in [0.3, 0.4) is 0 Å². The van der Waals surface area contributed by atoms with Crippen molar-refractivity contribution in [3.05, 3.63) is 52.9 Å². The Kier molecular flexibility index (Phi) is 3.86. The number of furan rings is 1. The Morgan fingerprint density at radius 2 is 2.14 bits per heavy atom. The summed E-state index contributed by atoms with van der Waals surface area (Å²) in [5, 5.41) is 9.89. The lowest BCUT2D eigenvalue weighted by Crippen LogP contribution is -2.37. The van der Waals surface area contributed by atoms with E-state index < -0.39 is 6.04 Å².